The van der Waals surface area contributed by atoms with Crippen molar-refractivity contribution < 1.29 is 28.6 Å². The van der Waals surface area contributed by atoms with Crippen LogP contribution in [0.2, 0.25) is 0 Å². The molecular weight excluding hydrogens is 502 g/mol. The van der Waals surface area contributed by atoms with Gasteiger partial charge in [-0.2, -0.15) is 0 Å². The lowest BCUT2D eigenvalue weighted by Crippen LogP contribution is -2.59. The van der Waals surface area contributed by atoms with Crippen molar-refractivity contribution in [1.29, 1.82) is 0 Å². The summed E-state index contributed by atoms with van der Waals surface area (Å²) in [5, 5.41) is 6.01. The van der Waals surface area contributed by atoms with Gasteiger partial charge in [-0.05, 0) is 59.7 Å². The molecule has 4 amide bonds. The first-order valence-corrected chi connectivity index (χ1v) is 13.4. The minimum absolute atomic E-state index is 0.0606. The van der Waals surface area contributed by atoms with Crippen molar-refractivity contribution in [3.8, 4) is 11.5 Å². The van der Waals surface area contributed by atoms with Gasteiger partial charge in [0.05, 0.1) is 32.4 Å². The van der Waals surface area contributed by atoms with Gasteiger partial charge in [0.25, 0.3) is 0 Å². The maximum Gasteiger partial charge on any atom is 0.338 e. The largest absolute Gasteiger partial charge is 0.497 e. The van der Waals surface area contributed by atoms with Crippen molar-refractivity contribution in [3.05, 3.63) is 35.0 Å². The zero-order valence-electron chi connectivity index (χ0n) is 24.4. The number of urea groups is 2. The first-order chi connectivity index (χ1) is 18.4. The van der Waals surface area contributed by atoms with Crippen molar-refractivity contribution in [2.45, 2.75) is 59.2 Å². The van der Waals surface area contributed by atoms with Crippen molar-refractivity contribution in [2.75, 3.05) is 53.6 Å². The summed E-state index contributed by atoms with van der Waals surface area (Å²) < 4.78 is 16.5. The van der Waals surface area contributed by atoms with E-state index in [9.17, 15) is 14.4 Å². The summed E-state index contributed by atoms with van der Waals surface area (Å²) in [7, 11) is 3.10. The molecule has 39 heavy (non-hydrogen) atoms. The fraction of sp³-hybridized carbons (Fsp3) is 0.607. The van der Waals surface area contributed by atoms with E-state index in [1.165, 1.54) is 0 Å². The maximum atomic E-state index is 13.5. The molecule has 0 spiro atoms. The highest BCUT2D eigenvalue weighted by atomic mass is 16.5. The van der Waals surface area contributed by atoms with E-state index >= 15 is 0 Å². The van der Waals surface area contributed by atoms with Crippen LogP contribution in [0, 0.1) is 0 Å². The fourth-order valence-electron chi connectivity index (χ4n) is 5.04. The number of likely N-dealkylation sites (N-methyl/N-ethyl adjacent to an activating group) is 1. The summed E-state index contributed by atoms with van der Waals surface area (Å²) in [6.07, 6.45) is 0. The summed E-state index contributed by atoms with van der Waals surface area (Å²) in [5.74, 6) is 0.581. The Hall–Kier alpha value is -3.47. The van der Waals surface area contributed by atoms with Crippen LogP contribution in [0.15, 0.2) is 29.5 Å². The molecule has 0 bridgehead atoms. The van der Waals surface area contributed by atoms with Gasteiger partial charge in [0.1, 0.15) is 11.5 Å². The summed E-state index contributed by atoms with van der Waals surface area (Å²) >= 11 is 0. The molecule has 11 nitrogen and oxygen atoms in total. The molecular formula is C28H43N5O6. The lowest BCUT2D eigenvalue weighted by Gasteiger charge is -2.43. The molecule has 2 aliphatic rings. The number of hydrogen-bond donors (Lipinski definition) is 2. The van der Waals surface area contributed by atoms with Gasteiger partial charge in [0.15, 0.2) is 0 Å². The van der Waals surface area contributed by atoms with Crippen molar-refractivity contribution >= 4 is 18.0 Å². The van der Waals surface area contributed by atoms with Gasteiger partial charge in [0.2, 0.25) is 0 Å². The van der Waals surface area contributed by atoms with Crippen molar-refractivity contribution in [1.82, 2.24) is 25.3 Å². The van der Waals surface area contributed by atoms with E-state index in [2.05, 4.69) is 15.5 Å². The number of nitrogens with zero attached hydrogens (tertiary/aromatic N) is 3. The third-order valence-corrected chi connectivity index (χ3v) is 6.83. The Morgan fingerprint density at radius 3 is 2.41 bits per heavy atom. The lowest BCUT2D eigenvalue weighted by molar-refractivity contribution is -0.139. The number of nitrogens with one attached hydrogen (secondary N) is 2. The van der Waals surface area contributed by atoms with Gasteiger partial charge >= 0.3 is 18.0 Å². The number of amides is 4. The second-order valence-corrected chi connectivity index (χ2v) is 10.8. The number of hydrogen-bond acceptors (Lipinski definition) is 7. The summed E-state index contributed by atoms with van der Waals surface area (Å²) in [6, 6.07) is 4.00. The fourth-order valence-corrected chi connectivity index (χ4v) is 5.04. The third kappa shape index (κ3) is 6.95. The Kier molecular flexibility index (Phi) is 9.71. The van der Waals surface area contributed by atoms with Crippen LogP contribution in [0.4, 0.5) is 9.59 Å². The van der Waals surface area contributed by atoms with Crippen LogP contribution in [0.25, 0.3) is 0 Å². The first kappa shape index (κ1) is 30.1. The quantitative estimate of drug-likeness (QED) is 0.483. The molecule has 1 fully saturated rings. The average Bonchev–Trinajstić information content (AvgIpc) is 2.87. The second-order valence-electron chi connectivity index (χ2n) is 10.8. The Balaban J connectivity index is 2.01. The Morgan fingerprint density at radius 2 is 1.85 bits per heavy atom. The highest BCUT2D eigenvalue weighted by molar-refractivity contribution is 5.95. The number of carbonyl (C=O) groups is 3. The zero-order valence-corrected chi connectivity index (χ0v) is 24.4. The van der Waals surface area contributed by atoms with Crippen molar-refractivity contribution in [2.24, 2.45) is 0 Å². The number of benzene rings is 1. The number of rotatable bonds is 8. The van der Waals surface area contributed by atoms with Gasteiger partial charge in [-0.3, -0.25) is 9.80 Å². The van der Waals surface area contributed by atoms with Gasteiger partial charge in [-0.25, -0.2) is 14.4 Å². The predicted octanol–water partition coefficient (Wildman–Crippen LogP) is 3.12. The normalized spacial score (nSPS) is 20.5. The predicted molar refractivity (Wildman–Crippen MR) is 148 cm³/mol. The first-order valence-electron chi connectivity index (χ1n) is 13.4. The summed E-state index contributed by atoms with van der Waals surface area (Å²) in [6.45, 7) is 14.1. The molecule has 2 N–H and O–H groups in total. The number of piperazine rings is 1. The molecule has 1 aromatic rings. The molecule has 1 saturated heterocycles. The van der Waals surface area contributed by atoms with E-state index in [0.29, 0.717) is 61.1 Å². The van der Waals surface area contributed by atoms with Gasteiger partial charge in [-0.1, -0.05) is 0 Å². The second kappa shape index (κ2) is 12.6. The van der Waals surface area contributed by atoms with Crippen LogP contribution >= 0.6 is 0 Å². The number of methoxy groups -OCH3 is 2. The lowest BCUT2D eigenvalue weighted by atomic mass is 9.93. The number of carbonyl (C=O) groups excluding carboxylic acids is 3. The molecule has 2 atom stereocenters. The highest BCUT2D eigenvalue weighted by Crippen LogP contribution is 2.38. The van der Waals surface area contributed by atoms with Crippen molar-refractivity contribution in [3.63, 3.8) is 0 Å². The molecule has 216 valence electrons. The molecule has 1 aromatic carbocycles. The molecule has 3 rings (SSSR count). The van der Waals surface area contributed by atoms with E-state index in [4.69, 9.17) is 14.2 Å². The Morgan fingerprint density at radius 1 is 1.13 bits per heavy atom. The molecule has 0 unspecified atom stereocenters. The number of ether oxygens (including phenoxy) is 3. The van der Waals surface area contributed by atoms with Gasteiger partial charge in [0, 0.05) is 55.6 Å². The van der Waals surface area contributed by atoms with E-state index in [1.54, 1.807) is 44.2 Å². The molecule has 0 aromatic heterocycles. The zero-order chi connectivity index (χ0) is 28.9. The van der Waals surface area contributed by atoms with Crippen LogP contribution in [0.1, 0.15) is 53.1 Å². The minimum Gasteiger partial charge on any atom is -0.497 e. The van der Waals surface area contributed by atoms with E-state index in [1.807, 2.05) is 39.5 Å². The van der Waals surface area contributed by atoms with Crippen LogP contribution in [0.5, 0.6) is 11.5 Å². The number of esters is 1. The molecule has 11 heteroatoms. The minimum atomic E-state index is -0.796. The Labute approximate surface area is 231 Å². The van der Waals surface area contributed by atoms with Crippen LogP contribution < -0.4 is 20.1 Å². The highest BCUT2D eigenvalue weighted by Gasteiger charge is 2.40. The molecule has 0 saturated carbocycles. The summed E-state index contributed by atoms with van der Waals surface area (Å²) in [5.41, 5.74) is 1.19. The molecule has 2 aliphatic heterocycles. The molecule has 0 aliphatic carbocycles. The SMILES string of the molecule is CCOC(=O)C1=C(CN2CCN(C(=O)NC(C)(C)C)[C@@H](C)C2)N(CC)C(=O)N[C@H]1c1cc(OC)ccc1OC. The van der Waals surface area contributed by atoms with Crippen LogP contribution in [0.3, 0.4) is 0 Å². The topological polar surface area (TPSA) is 113 Å². The summed E-state index contributed by atoms with van der Waals surface area (Å²) in [4.78, 5) is 45.3. The maximum absolute atomic E-state index is 13.5. The molecule has 0 radical (unpaired) electrons. The average molecular weight is 546 g/mol. The van der Waals surface area contributed by atoms with Gasteiger partial charge < -0.3 is 29.7 Å². The molecule has 2 heterocycles. The smallest absolute Gasteiger partial charge is 0.338 e. The van der Waals surface area contributed by atoms with Gasteiger partial charge in [-0.15, -0.1) is 0 Å². The monoisotopic (exact) mass is 545 g/mol. The third-order valence-electron chi connectivity index (χ3n) is 6.83. The standard InChI is InChI=1S/C28H43N5O6/c1-9-32-21(17-31-13-14-33(18(3)16-31)27(36)30-28(4,5)6)23(25(34)39-10-2)24(29-26(32)35)20-15-19(37-7)11-12-22(20)38-8/h11-12,15,18,24H,9-10,13-14,16-17H2,1-8H3,(H,29,35)(H,30,36)/t18-,24-/m0/s1. The Bertz CT molecular complexity index is 1100. The van der Waals surface area contributed by atoms with E-state index in [0.717, 1.165) is 0 Å². The van der Waals surface area contributed by atoms with Crippen LogP contribution in [-0.4, -0.2) is 97.9 Å². The van der Waals surface area contributed by atoms with E-state index < -0.39 is 12.0 Å². The van der Waals surface area contributed by atoms with Crippen LogP contribution in [-0.2, 0) is 9.53 Å². The van der Waals surface area contributed by atoms with E-state index in [-0.39, 0.29) is 30.2 Å².